The molecular weight excluding hydrogens is 216 g/mol. The first kappa shape index (κ1) is 11.9. The van der Waals surface area contributed by atoms with Crippen LogP contribution in [0.2, 0.25) is 0 Å². The molecule has 3 N–H and O–H groups in total. The number of aliphatic hydroxyl groups is 1. The number of aryl methyl sites for hydroxylation is 1. The second-order valence-electron chi connectivity index (χ2n) is 4.66. The number of amides is 1. The van der Waals surface area contributed by atoms with Crippen LogP contribution in [-0.2, 0) is 0 Å². The molecule has 92 valence electrons. The van der Waals surface area contributed by atoms with Gasteiger partial charge in [-0.15, -0.1) is 0 Å². The summed E-state index contributed by atoms with van der Waals surface area (Å²) in [4.78, 5) is 14.0. The van der Waals surface area contributed by atoms with Gasteiger partial charge in [-0.1, -0.05) is 0 Å². The molecule has 1 aromatic rings. The summed E-state index contributed by atoms with van der Waals surface area (Å²) >= 11 is 0. The van der Waals surface area contributed by atoms with Crippen LogP contribution in [0.4, 0.5) is 5.69 Å². The molecule has 0 radical (unpaired) electrons. The summed E-state index contributed by atoms with van der Waals surface area (Å²) in [5, 5.41) is 9.06. The second kappa shape index (κ2) is 4.75. The van der Waals surface area contributed by atoms with E-state index in [-0.39, 0.29) is 18.4 Å². The van der Waals surface area contributed by atoms with Gasteiger partial charge in [-0.2, -0.15) is 0 Å². The molecule has 1 saturated heterocycles. The zero-order valence-corrected chi connectivity index (χ0v) is 10.0. The Balaban J connectivity index is 2.12. The Hall–Kier alpha value is -1.55. The number of nitrogen functional groups attached to an aromatic ring is 1. The molecule has 1 heterocycles. The van der Waals surface area contributed by atoms with Crippen LogP contribution >= 0.6 is 0 Å². The Morgan fingerprint density at radius 3 is 2.94 bits per heavy atom. The third-order valence-corrected chi connectivity index (χ3v) is 3.35. The van der Waals surface area contributed by atoms with Gasteiger partial charge >= 0.3 is 0 Å². The fraction of sp³-hybridized carbons (Fsp3) is 0.462. The Labute approximate surface area is 101 Å². The monoisotopic (exact) mass is 234 g/mol. The first-order chi connectivity index (χ1) is 8.11. The molecule has 0 aliphatic carbocycles. The standard InChI is InChI=1S/C13H18N2O2/c1-9-6-11(2-3-12(9)14)13(17)15-5-4-10(7-15)8-16/h2-3,6,10,16H,4-5,7-8,14H2,1H3. The lowest BCUT2D eigenvalue weighted by molar-refractivity contribution is 0.0782. The molecule has 0 bridgehead atoms. The molecule has 2 rings (SSSR count). The van der Waals surface area contributed by atoms with Crippen LogP contribution in [0, 0.1) is 12.8 Å². The molecule has 0 spiro atoms. The normalized spacial score (nSPS) is 19.6. The van der Waals surface area contributed by atoms with Crippen LogP contribution in [0.1, 0.15) is 22.3 Å². The van der Waals surface area contributed by atoms with Gasteiger partial charge in [0, 0.05) is 36.9 Å². The van der Waals surface area contributed by atoms with Crippen LogP contribution < -0.4 is 5.73 Å². The van der Waals surface area contributed by atoms with Crippen LogP contribution in [0.25, 0.3) is 0 Å². The minimum absolute atomic E-state index is 0.0315. The number of anilines is 1. The maximum absolute atomic E-state index is 12.2. The number of hydrogen-bond acceptors (Lipinski definition) is 3. The third kappa shape index (κ3) is 2.42. The molecule has 1 aromatic carbocycles. The van der Waals surface area contributed by atoms with E-state index >= 15 is 0 Å². The molecule has 1 fully saturated rings. The highest BCUT2D eigenvalue weighted by atomic mass is 16.3. The van der Waals surface area contributed by atoms with Gasteiger partial charge in [-0.25, -0.2) is 0 Å². The summed E-state index contributed by atoms with van der Waals surface area (Å²) in [6.07, 6.45) is 0.885. The number of hydrogen-bond donors (Lipinski definition) is 2. The topological polar surface area (TPSA) is 66.6 Å². The molecule has 4 nitrogen and oxygen atoms in total. The number of carbonyl (C=O) groups is 1. The maximum Gasteiger partial charge on any atom is 0.253 e. The molecule has 4 heteroatoms. The van der Waals surface area contributed by atoms with Crippen LogP contribution in [0.3, 0.4) is 0 Å². The summed E-state index contributed by atoms with van der Waals surface area (Å²) in [5.41, 5.74) is 8.03. The highest BCUT2D eigenvalue weighted by Crippen LogP contribution is 2.20. The number of aliphatic hydroxyl groups excluding tert-OH is 1. The molecule has 0 aromatic heterocycles. The van der Waals surface area contributed by atoms with Gasteiger partial charge in [0.2, 0.25) is 0 Å². The molecule has 17 heavy (non-hydrogen) atoms. The summed E-state index contributed by atoms with van der Waals surface area (Å²) in [5.74, 6) is 0.262. The van der Waals surface area contributed by atoms with Gasteiger partial charge in [0.1, 0.15) is 0 Å². The van der Waals surface area contributed by atoms with Crippen molar-refractivity contribution in [3.63, 3.8) is 0 Å². The Bertz CT molecular complexity index is 431. The number of benzene rings is 1. The second-order valence-corrected chi connectivity index (χ2v) is 4.66. The number of rotatable bonds is 2. The Morgan fingerprint density at radius 2 is 2.35 bits per heavy atom. The third-order valence-electron chi connectivity index (χ3n) is 3.35. The van der Waals surface area contributed by atoms with E-state index in [4.69, 9.17) is 10.8 Å². The quantitative estimate of drug-likeness (QED) is 0.751. The fourth-order valence-corrected chi connectivity index (χ4v) is 2.16. The zero-order valence-electron chi connectivity index (χ0n) is 10.0. The van der Waals surface area contributed by atoms with Crippen molar-refractivity contribution in [2.24, 2.45) is 5.92 Å². The first-order valence-electron chi connectivity index (χ1n) is 5.88. The van der Waals surface area contributed by atoms with Crippen molar-refractivity contribution < 1.29 is 9.90 Å². The highest BCUT2D eigenvalue weighted by Gasteiger charge is 2.26. The van der Waals surface area contributed by atoms with E-state index in [2.05, 4.69) is 0 Å². The van der Waals surface area contributed by atoms with Gasteiger partial charge < -0.3 is 15.7 Å². The first-order valence-corrected chi connectivity index (χ1v) is 5.88. The van der Waals surface area contributed by atoms with Gasteiger partial charge in [0.05, 0.1) is 0 Å². The molecule has 1 atom stereocenters. The summed E-state index contributed by atoms with van der Waals surface area (Å²) in [6, 6.07) is 5.35. The van der Waals surface area contributed by atoms with Gasteiger partial charge in [0.15, 0.2) is 0 Å². The average Bonchev–Trinajstić information content (AvgIpc) is 2.80. The molecule has 1 aliphatic heterocycles. The number of nitrogens with two attached hydrogens (primary N) is 1. The number of carbonyl (C=O) groups excluding carboxylic acids is 1. The molecule has 1 aliphatic rings. The van der Waals surface area contributed by atoms with Gasteiger partial charge in [0.25, 0.3) is 5.91 Å². The van der Waals surface area contributed by atoms with Crippen LogP contribution in [0.15, 0.2) is 18.2 Å². The highest BCUT2D eigenvalue weighted by molar-refractivity contribution is 5.95. The lowest BCUT2D eigenvalue weighted by Crippen LogP contribution is -2.29. The lowest BCUT2D eigenvalue weighted by Gasteiger charge is -2.16. The van der Waals surface area contributed by atoms with E-state index in [1.165, 1.54) is 0 Å². The van der Waals surface area contributed by atoms with Crippen molar-refractivity contribution in [3.8, 4) is 0 Å². The van der Waals surface area contributed by atoms with Crippen molar-refractivity contribution in [2.45, 2.75) is 13.3 Å². The van der Waals surface area contributed by atoms with Gasteiger partial charge in [-0.05, 0) is 37.1 Å². The Kier molecular flexibility index (Phi) is 3.33. The van der Waals surface area contributed by atoms with Crippen molar-refractivity contribution in [1.82, 2.24) is 4.90 Å². The maximum atomic E-state index is 12.2. The van der Waals surface area contributed by atoms with E-state index in [9.17, 15) is 4.79 Å². The molecule has 1 unspecified atom stereocenters. The minimum atomic E-state index is 0.0315. The molecular formula is C13H18N2O2. The van der Waals surface area contributed by atoms with Crippen LogP contribution in [0.5, 0.6) is 0 Å². The van der Waals surface area contributed by atoms with Crippen molar-refractivity contribution >= 4 is 11.6 Å². The Morgan fingerprint density at radius 1 is 1.59 bits per heavy atom. The number of likely N-dealkylation sites (tertiary alicyclic amines) is 1. The van der Waals surface area contributed by atoms with E-state index in [1.54, 1.807) is 17.0 Å². The SMILES string of the molecule is Cc1cc(C(=O)N2CCC(CO)C2)ccc1N. The zero-order chi connectivity index (χ0) is 12.4. The lowest BCUT2D eigenvalue weighted by atomic mass is 10.1. The smallest absolute Gasteiger partial charge is 0.253 e. The van der Waals surface area contributed by atoms with Crippen molar-refractivity contribution in [1.29, 1.82) is 0 Å². The van der Waals surface area contributed by atoms with E-state index in [0.29, 0.717) is 17.8 Å². The average molecular weight is 234 g/mol. The molecule has 0 saturated carbocycles. The van der Waals surface area contributed by atoms with Crippen LogP contribution in [-0.4, -0.2) is 35.6 Å². The minimum Gasteiger partial charge on any atom is -0.399 e. The van der Waals surface area contributed by atoms with Crippen molar-refractivity contribution in [2.75, 3.05) is 25.4 Å². The molecule has 1 amide bonds. The fourth-order valence-electron chi connectivity index (χ4n) is 2.16. The number of nitrogens with zero attached hydrogens (tertiary/aromatic N) is 1. The predicted octanol–water partition coefficient (Wildman–Crippen LogP) is 1.03. The largest absolute Gasteiger partial charge is 0.399 e. The summed E-state index contributed by atoms with van der Waals surface area (Å²) in [6.45, 7) is 3.43. The van der Waals surface area contributed by atoms with E-state index < -0.39 is 0 Å². The predicted molar refractivity (Wildman–Crippen MR) is 66.7 cm³/mol. The summed E-state index contributed by atoms with van der Waals surface area (Å²) in [7, 11) is 0. The van der Waals surface area contributed by atoms with E-state index in [1.807, 2.05) is 13.0 Å². The van der Waals surface area contributed by atoms with Gasteiger partial charge in [-0.3, -0.25) is 4.79 Å². The van der Waals surface area contributed by atoms with E-state index in [0.717, 1.165) is 18.5 Å². The van der Waals surface area contributed by atoms with Crippen molar-refractivity contribution in [3.05, 3.63) is 29.3 Å². The summed E-state index contributed by atoms with van der Waals surface area (Å²) < 4.78 is 0.